The summed E-state index contributed by atoms with van der Waals surface area (Å²) in [5.41, 5.74) is 39.0. The fraction of sp³-hybridized carbons (Fsp3) is 0.466. The van der Waals surface area contributed by atoms with Gasteiger partial charge in [0, 0.05) is 99.0 Å². The summed E-state index contributed by atoms with van der Waals surface area (Å²) in [5, 5.41) is 66.9. The lowest BCUT2D eigenvalue weighted by molar-refractivity contribution is -0.145. The van der Waals surface area contributed by atoms with Crippen molar-refractivity contribution in [3.8, 4) is 5.75 Å². The van der Waals surface area contributed by atoms with E-state index >= 15 is 19.2 Å². The van der Waals surface area contributed by atoms with Crippen LogP contribution in [0.3, 0.4) is 0 Å². The summed E-state index contributed by atoms with van der Waals surface area (Å²) < 4.78 is 0. The molecule has 5 aromatic rings. The number of fused-ring (bicyclic) bond motifs is 1. The number of carboxylic acids is 1. The number of thiocarbonyl (C=S) groups is 1. The molecule has 26 N–H and O–H groups in total. The van der Waals surface area contributed by atoms with Gasteiger partial charge in [-0.1, -0.05) is 94.4 Å². The van der Waals surface area contributed by atoms with Gasteiger partial charge in [-0.25, -0.2) is 4.79 Å². The van der Waals surface area contributed by atoms with Crippen LogP contribution in [0, 0.1) is 0 Å². The molecule has 39 heteroatoms. The van der Waals surface area contributed by atoms with E-state index in [1.54, 1.807) is 94.9 Å². The molecule has 112 heavy (non-hydrogen) atoms. The third kappa shape index (κ3) is 28.6. The number of carbonyl (C=O) groups is 12. The van der Waals surface area contributed by atoms with Crippen LogP contribution in [0.25, 0.3) is 10.9 Å². The predicted octanol–water partition coefficient (Wildman–Crippen LogP) is -4.45. The van der Waals surface area contributed by atoms with E-state index in [4.69, 9.17) is 46.6 Å². The predicted molar refractivity (Wildman–Crippen MR) is 424 cm³/mol. The fourth-order valence-electron chi connectivity index (χ4n) is 12.8. The maximum atomic E-state index is 15.3. The van der Waals surface area contributed by atoms with Crippen molar-refractivity contribution in [2.24, 2.45) is 34.4 Å². The van der Waals surface area contributed by atoms with Gasteiger partial charge in [-0.15, -0.1) is 0 Å². The van der Waals surface area contributed by atoms with Crippen molar-refractivity contribution < 1.29 is 78.0 Å². The highest BCUT2D eigenvalue weighted by molar-refractivity contribution is 8.76. The number of aliphatic hydroxyl groups is 2. The molecule has 0 saturated carbocycles. The standard InChI is InChI=1S/C73H102N20O16S3/c1-41(94)62-71(107)86-56(69(105)88-63(42(2)95)72(108)109)40-112-111-39-55(68(104)83-53(31-44-17-21-49(96)22-18-44)66(102)84-54(32-46-33-80-51-13-7-6-12-50(46)51)67(103)82-52(65(101)87-62)14-8-9-23-74)85-70(106)61(79)64(45-10-4-3-5-11-45)89-73(110)81-47-19-15-43(16-20-47)30-48-34-92(37-59(77)99)27-26-90(35-57(75)97)24-25-91(36-58(76)98)28-29-93(48)38-60(78)100/h3-7,10-13,15-22,33,41-42,48,52-56,61-64,80,94-96H,8-9,14,23-32,34-40,74,79H2,1-2H3,(H2,75,97)(H2,76,98)(H2,77,99)(H2,78,100)(H,82,103)(H,83,104)(H,84,102)(H,85,106)(H,86,107)(H,87,101)(H,88,105)(H,108,109)(H2,81,89,110)/t41-,42-,48+,52+,53+,54-,55+,56+,61?,62+,63+,64?/m1/s1. The van der Waals surface area contributed by atoms with Crippen LogP contribution in [-0.4, -0.2) is 278 Å². The molecule has 4 aromatic carbocycles. The van der Waals surface area contributed by atoms with Crippen LogP contribution in [0.1, 0.15) is 61.4 Å². The number of para-hydroxylation sites is 1. The van der Waals surface area contributed by atoms with Gasteiger partial charge in [0.2, 0.25) is 65.0 Å². The van der Waals surface area contributed by atoms with Gasteiger partial charge in [0.15, 0.2) is 11.2 Å². The maximum absolute atomic E-state index is 15.3. The molecule has 12 atom stereocenters. The zero-order valence-electron chi connectivity index (χ0n) is 62.1. The van der Waals surface area contributed by atoms with Crippen LogP contribution >= 0.6 is 33.8 Å². The number of carbonyl (C=O) groups excluding carboxylic acids is 11. The zero-order valence-corrected chi connectivity index (χ0v) is 64.6. The van der Waals surface area contributed by atoms with Crippen LogP contribution in [0.2, 0.25) is 0 Å². The molecule has 0 spiro atoms. The Morgan fingerprint density at radius 2 is 1.15 bits per heavy atom. The summed E-state index contributed by atoms with van der Waals surface area (Å²) in [7, 11) is 1.71. The molecule has 36 nitrogen and oxygen atoms in total. The van der Waals surface area contributed by atoms with Crippen LogP contribution in [-0.2, 0) is 76.8 Å². The van der Waals surface area contributed by atoms with E-state index in [1.807, 2.05) is 9.80 Å². The molecule has 0 aliphatic carbocycles. The Hall–Kier alpha value is -10.1. The van der Waals surface area contributed by atoms with Gasteiger partial charge in [0.25, 0.3) is 0 Å². The molecule has 2 aliphatic heterocycles. The average molecular weight is 1610 g/mol. The van der Waals surface area contributed by atoms with Crippen molar-refractivity contribution >= 4 is 126 Å². The van der Waals surface area contributed by atoms with Crippen molar-refractivity contribution in [2.75, 3.05) is 95.4 Å². The number of primary amides is 4. The molecule has 0 bridgehead atoms. The van der Waals surface area contributed by atoms with Crippen LogP contribution in [0.5, 0.6) is 5.75 Å². The molecule has 2 fully saturated rings. The number of unbranched alkanes of at least 4 members (excludes halogenated alkanes) is 1. The molecule has 2 unspecified atom stereocenters. The number of phenolic OH excluding ortho intramolecular Hbond substituents is 1. The van der Waals surface area contributed by atoms with Crippen molar-refractivity contribution in [1.29, 1.82) is 0 Å². The van der Waals surface area contributed by atoms with Gasteiger partial charge in [-0.05, 0) is 111 Å². The number of rotatable bonds is 29. The van der Waals surface area contributed by atoms with Crippen molar-refractivity contribution in [3.05, 3.63) is 132 Å². The van der Waals surface area contributed by atoms with Crippen LogP contribution < -0.4 is 82.3 Å². The number of nitrogens with zero attached hydrogens (tertiary/aromatic N) is 4. The molecule has 11 amide bonds. The summed E-state index contributed by atoms with van der Waals surface area (Å²) >= 11 is 5.90. The van der Waals surface area contributed by atoms with Crippen molar-refractivity contribution in [2.45, 2.75) is 125 Å². The molecule has 2 aliphatic rings. The topological polar surface area (TPSA) is 579 Å². The number of carboxylic acid groups (broad SMARTS) is 1. The maximum Gasteiger partial charge on any atom is 0.328 e. The Bertz CT molecular complexity index is 4060. The van der Waals surface area contributed by atoms with E-state index in [0.717, 1.165) is 34.1 Å². The van der Waals surface area contributed by atoms with Crippen molar-refractivity contribution in [1.82, 2.24) is 67.1 Å². The lowest BCUT2D eigenvalue weighted by Gasteiger charge is -2.38. The number of H-pyrrole nitrogens is 1. The number of amides is 11. The van der Waals surface area contributed by atoms with Gasteiger partial charge in [-0.3, -0.25) is 72.3 Å². The number of anilines is 1. The fourth-order valence-corrected chi connectivity index (χ4v) is 15.4. The number of aromatic amines is 1. The second-order valence-corrected chi connectivity index (χ2v) is 30.5. The summed E-state index contributed by atoms with van der Waals surface area (Å²) in [4.78, 5) is 176. The number of hydrogen-bond donors (Lipinski definition) is 20. The Morgan fingerprint density at radius 1 is 0.607 bits per heavy atom. The largest absolute Gasteiger partial charge is 0.508 e. The summed E-state index contributed by atoms with van der Waals surface area (Å²) in [6.45, 7) is 3.81. The Morgan fingerprint density at radius 3 is 1.76 bits per heavy atom. The van der Waals surface area contributed by atoms with Gasteiger partial charge in [0.05, 0.1) is 44.4 Å². The number of aliphatic hydroxyl groups excluding tert-OH is 2. The number of benzene rings is 4. The monoisotopic (exact) mass is 1610 g/mol. The lowest BCUT2D eigenvalue weighted by atomic mass is 9.99. The minimum Gasteiger partial charge on any atom is -0.508 e. The lowest BCUT2D eigenvalue weighted by Crippen LogP contribution is -2.62. The third-order valence-electron chi connectivity index (χ3n) is 18.7. The number of aromatic nitrogens is 1. The number of nitrogens with one attached hydrogen (secondary N) is 10. The minimum atomic E-state index is -1.90. The first-order valence-corrected chi connectivity index (χ1v) is 39.2. The summed E-state index contributed by atoms with van der Waals surface area (Å²) in [5.74, 6) is -12.0. The summed E-state index contributed by atoms with van der Waals surface area (Å²) in [6, 6.07) is 13.4. The van der Waals surface area contributed by atoms with Gasteiger partial charge in [-0.2, -0.15) is 0 Å². The second kappa shape index (κ2) is 44.2. The molecule has 1 aromatic heterocycles. The first-order valence-electron chi connectivity index (χ1n) is 36.3. The van der Waals surface area contributed by atoms with Gasteiger partial charge in [0.1, 0.15) is 48.0 Å². The zero-order chi connectivity index (χ0) is 81.7. The minimum absolute atomic E-state index is 0.0325. The van der Waals surface area contributed by atoms with Gasteiger partial charge >= 0.3 is 5.97 Å². The molecule has 0 radical (unpaired) electrons. The third-order valence-corrected chi connectivity index (χ3v) is 21.3. The molecule has 2 saturated heterocycles. The highest BCUT2D eigenvalue weighted by Gasteiger charge is 2.39. The van der Waals surface area contributed by atoms with E-state index in [2.05, 4.69) is 52.8 Å². The SMILES string of the molecule is C[C@@H](O)[C@H](NC(=O)[C@@H]1CSSC[C@H](NC(=O)C(N)C(NC(=S)Nc2ccc(C[C@H]3CN(CC(N)=O)CCN(CC(N)=O)CCN(CC(N)=O)CCN3CC(N)=O)cc2)c2ccccc2)C(=O)N[C@@H](Cc2ccc(O)cc2)C(=O)N[C@H](Cc2c[nH]c3ccccc23)C(=O)N[C@@H](CCCCN)C(=O)N[C@@H]([C@@H](C)O)C(=O)N1)C(=O)O. The Kier molecular flexibility index (Phi) is 35.2. The first kappa shape index (κ1) is 89.1. The molecule has 7 rings (SSSR count). The molecular formula is C73H102N20O16S3. The van der Waals surface area contributed by atoms with E-state index in [1.165, 1.54) is 31.2 Å². The average Bonchev–Trinajstić information content (AvgIpc) is 1.41. The number of aliphatic carboxylic acids is 1. The quantitative estimate of drug-likeness (QED) is 0.0122. The summed E-state index contributed by atoms with van der Waals surface area (Å²) in [6.07, 6.45) is -1.36. The van der Waals surface area contributed by atoms with Crippen molar-refractivity contribution in [3.63, 3.8) is 0 Å². The Balaban J connectivity index is 1.21. The highest BCUT2D eigenvalue weighted by atomic mass is 33.1. The molecule has 608 valence electrons. The molecule has 3 heterocycles. The van der Waals surface area contributed by atoms with Crippen LogP contribution in [0.4, 0.5) is 5.69 Å². The van der Waals surface area contributed by atoms with E-state index in [0.29, 0.717) is 65.8 Å². The van der Waals surface area contributed by atoms with E-state index < -0.39 is 155 Å². The second-order valence-electron chi connectivity index (χ2n) is 27.6. The number of phenols is 1. The van der Waals surface area contributed by atoms with E-state index in [9.17, 15) is 58.8 Å². The first-order chi connectivity index (χ1) is 53.3. The number of hydrogen-bond acceptors (Lipinski definition) is 24. The van der Waals surface area contributed by atoms with Crippen LogP contribution in [0.15, 0.2) is 109 Å². The number of aromatic hydroxyl groups is 1. The smallest absolute Gasteiger partial charge is 0.328 e. The van der Waals surface area contributed by atoms with E-state index in [-0.39, 0.29) is 95.4 Å². The number of nitrogens with two attached hydrogens (primary N) is 6. The van der Waals surface area contributed by atoms with Gasteiger partial charge < -0.3 is 108 Å². The highest BCUT2D eigenvalue weighted by Crippen LogP contribution is 2.26. The Labute approximate surface area is 660 Å². The molecular weight excluding hydrogens is 1510 g/mol. The normalized spacial score (nSPS) is 21.7.